The number of hydrogen-bond donors (Lipinski definition) is 1. The molecule has 0 aliphatic heterocycles. The summed E-state index contributed by atoms with van der Waals surface area (Å²) in [6.07, 6.45) is 2.86. The monoisotopic (exact) mass is 325 g/mol. The van der Waals surface area contributed by atoms with Crippen molar-refractivity contribution in [2.75, 3.05) is 6.54 Å². The minimum atomic E-state index is 0.159. The summed E-state index contributed by atoms with van der Waals surface area (Å²) in [6, 6.07) is 6.54. The second-order valence-electron chi connectivity index (χ2n) is 4.84. The summed E-state index contributed by atoms with van der Waals surface area (Å²) in [6.45, 7) is 7.25. The molecule has 2 rings (SSSR count). The van der Waals surface area contributed by atoms with Crippen molar-refractivity contribution in [1.82, 2.24) is 15.1 Å². The normalized spacial score (nSPS) is 13.1. The van der Waals surface area contributed by atoms with Gasteiger partial charge in [0.1, 0.15) is 5.76 Å². The molecule has 1 atom stereocenters. The van der Waals surface area contributed by atoms with Crippen molar-refractivity contribution in [3.63, 3.8) is 0 Å². The van der Waals surface area contributed by atoms with Crippen LogP contribution in [0.25, 0.3) is 0 Å². The van der Waals surface area contributed by atoms with E-state index in [4.69, 9.17) is 4.42 Å². The lowest BCUT2D eigenvalue weighted by Gasteiger charge is -2.14. The topological polar surface area (TPSA) is 43.0 Å². The van der Waals surface area contributed by atoms with Crippen LogP contribution < -0.4 is 5.32 Å². The zero-order valence-electron chi connectivity index (χ0n) is 11.6. The van der Waals surface area contributed by atoms with E-state index in [1.165, 1.54) is 0 Å². The number of likely N-dealkylation sites (N-methyl/N-ethyl adjacent to an activating group) is 1. The Morgan fingerprint density at radius 3 is 2.68 bits per heavy atom. The number of nitrogens with one attached hydrogen (secondary N) is 1. The van der Waals surface area contributed by atoms with Crippen LogP contribution in [-0.4, -0.2) is 16.3 Å². The first kappa shape index (κ1) is 14.3. The van der Waals surface area contributed by atoms with Gasteiger partial charge in [-0.25, -0.2) is 0 Å². The smallest absolute Gasteiger partial charge is 0.169 e. The molecule has 0 saturated carbocycles. The van der Waals surface area contributed by atoms with E-state index in [-0.39, 0.29) is 6.04 Å². The maximum Gasteiger partial charge on any atom is 0.169 e. The van der Waals surface area contributed by atoms with Gasteiger partial charge in [0.25, 0.3) is 0 Å². The van der Waals surface area contributed by atoms with E-state index < -0.39 is 0 Å². The van der Waals surface area contributed by atoms with Crippen LogP contribution in [0.3, 0.4) is 0 Å². The van der Waals surface area contributed by atoms with Gasteiger partial charge >= 0.3 is 0 Å². The molecule has 0 fully saturated rings. The molecule has 0 aromatic carbocycles. The van der Waals surface area contributed by atoms with Crippen LogP contribution in [0.2, 0.25) is 0 Å². The molecule has 5 heteroatoms. The van der Waals surface area contributed by atoms with Crippen molar-refractivity contribution < 1.29 is 4.42 Å². The van der Waals surface area contributed by atoms with Crippen LogP contribution in [0.15, 0.2) is 33.5 Å². The molecule has 0 aliphatic carbocycles. The molecule has 2 heterocycles. The van der Waals surface area contributed by atoms with E-state index in [0.717, 1.165) is 29.1 Å². The van der Waals surface area contributed by atoms with E-state index in [1.807, 2.05) is 23.0 Å². The van der Waals surface area contributed by atoms with Gasteiger partial charge in [0.15, 0.2) is 4.67 Å². The molecular formula is C14H20BrN3O. The molecule has 0 bridgehead atoms. The second kappa shape index (κ2) is 6.39. The molecule has 2 aromatic heterocycles. The van der Waals surface area contributed by atoms with Crippen molar-refractivity contribution in [3.05, 3.63) is 40.5 Å². The standard InChI is InChI=1S/C14H20BrN3O/c1-4-16-12(13-5-6-14(15)19-13)9-11-7-8-18(17-11)10(2)3/h5-8,10,12,16H,4,9H2,1-3H3. The Labute approximate surface area is 122 Å². The quantitative estimate of drug-likeness (QED) is 0.880. The molecule has 1 unspecified atom stereocenters. The van der Waals surface area contributed by atoms with Gasteiger partial charge in [0.2, 0.25) is 0 Å². The Morgan fingerprint density at radius 2 is 2.16 bits per heavy atom. The lowest BCUT2D eigenvalue weighted by molar-refractivity contribution is 0.401. The van der Waals surface area contributed by atoms with Gasteiger partial charge in [-0.15, -0.1) is 0 Å². The molecular weight excluding hydrogens is 306 g/mol. The van der Waals surface area contributed by atoms with Gasteiger partial charge in [-0.1, -0.05) is 6.92 Å². The largest absolute Gasteiger partial charge is 0.453 e. The van der Waals surface area contributed by atoms with Gasteiger partial charge in [-0.3, -0.25) is 4.68 Å². The summed E-state index contributed by atoms with van der Waals surface area (Å²) in [5, 5.41) is 8.02. The third-order valence-corrected chi connectivity index (χ3v) is 3.42. The molecule has 2 aromatic rings. The zero-order valence-corrected chi connectivity index (χ0v) is 13.1. The van der Waals surface area contributed by atoms with Crippen molar-refractivity contribution in [2.45, 2.75) is 39.3 Å². The fraction of sp³-hybridized carbons (Fsp3) is 0.500. The predicted molar refractivity (Wildman–Crippen MR) is 79.1 cm³/mol. The van der Waals surface area contributed by atoms with Crippen molar-refractivity contribution >= 4 is 15.9 Å². The Balaban J connectivity index is 2.11. The molecule has 19 heavy (non-hydrogen) atoms. The van der Waals surface area contributed by atoms with Crippen LogP contribution in [0.4, 0.5) is 0 Å². The number of hydrogen-bond acceptors (Lipinski definition) is 3. The third kappa shape index (κ3) is 3.70. The minimum absolute atomic E-state index is 0.159. The van der Waals surface area contributed by atoms with Crippen LogP contribution >= 0.6 is 15.9 Å². The maximum absolute atomic E-state index is 5.64. The van der Waals surface area contributed by atoms with E-state index in [2.05, 4.69) is 53.2 Å². The molecule has 0 saturated heterocycles. The molecule has 1 N–H and O–H groups in total. The maximum atomic E-state index is 5.64. The summed E-state index contributed by atoms with van der Waals surface area (Å²) in [5.74, 6) is 0.938. The van der Waals surface area contributed by atoms with Gasteiger partial charge in [-0.2, -0.15) is 5.10 Å². The zero-order chi connectivity index (χ0) is 13.8. The number of halogens is 1. The molecule has 0 aliphatic rings. The van der Waals surface area contributed by atoms with Gasteiger partial charge in [0, 0.05) is 18.7 Å². The first-order valence-electron chi connectivity index (χ1n) is 6.62. The van der Waals surface area contributed by atoms with Crippen LogP contribution in [0.5, 0.6) is 0 Å². The number of rotatable bonds is 6. The average molecular weight is 326 g/mol. The first-order valence-corrected chi connectivity index (χ1v) is 7.42. The van der Waals surface area contributed by atoms with E-state index >= 15 is 0 Å². The van der Waals surface area contributed by atoms with E-state index in [9.17, 15) is 0 Å². The number of aromatic nitrogens is 2. The van der Waals surface area contributed by atoms with Gasteiger partial charge in [0.05, 0.1) is 11.7 Å². The summed E-state index contributed by atoms with van der Waals surface area (Å²) < 4.78 is 8.39. The fourth-order valence-electron chi connectivity index (χ4n) is 2.02. The van der Waals surface area contributed by atoms with Crippen LogP contribution in [-0.2, 0) is 6.42 Å². The number of nitrogens with zero attached hydrogens (tertiary/aromatic N) is 2. The Hall–Kier alpha value is -1.07. The lowest BCUT2D eigenvalue weighted by atomic mass is 10.1. The van der Waals surface area contributed by atoms with Crippen LogP contribution in [0, 0.1) is 0 Å². The van der Waals surface area contributed by atoms with Gasteiger partial charge < -0.3 is 9.73 Å². The van der Waals surface area contributed by atoms with E-state index in [1.54, 1.807) is 0 Å². The Bertz CT molecular complexity index is 518. The van der Waals surface area contributed by atoms with Gasteiger partial charge in [-0.05, 0) is 54.5 Å². The highest BCUT2D eigenvalue weighted by atomic mass is 79.9. The third-order valence-electron chi connectivity index (χ3n) is 2.99. The highest BCUT2D eigenvalue weighted by Crippen LogP contribution is 2.23. The first-order chi connectivity index (χ1) is 9.10. The fourth-order valence-corrected chi connectivity index (χ4v) is 2.34. The molecule has 104 valence electrons. The average Bonchev–Trinajstić information content (AvgIpc) is 2.97. The second-order valence-corrected chi connectivity index (χ2v) is 5.62. The van der Waals surface area contributed by atoms with Crippen molar-refractivity contribution in [2.24, 2.45) is 0 Å². The summed E-state index contributed by atoms with van der Waals surface area (Å²) in [7, 11) is 0. The molecule has 0 spiro atoms. The number of furan rings is 1. The van der Waals surface area contributed by atoms with Crippen LogP contribution in [0.1, 0.15) is 44.3 Å². The predicted octanol–water partition coefficient (Wildman–Crippen LogP) is 3.71. The minimum Gasteiger partial charge on any atom is -0.453 e. The summed E-state index contributed by atoms with van der Waals surface area (Å²) >= 11 is 3.35. The summed E-state index contributed by atoms with van der Waals surface area (Å²) in [4.78, 5) is 0. The van der Waals surface area contributed by atoms with Crippen molar-refractivity contribution in [1.29, 1.82) is 0 Å². The molecule has 0 amide bonds. The van der Waals surface area contributed by atoms with Crippen molar-refractivity contribution in [3.8, 4) is 0 Å². The SMILES string of the molecule is CCNC(Cc1ccn(C(C)C)n1)c1ccc(Br)o1. The lowest BCUT2D eigenvalue weighted by Crippen LogP contribution is -2.22. The Morgan fingerprint density at radius 1 is 1.37 bits per heavy atom. The van der Waals surface area contributed by atoms with E-state index in [0.29, 0.717) is 6.04 Å². The highest BCUT2D eigenvalue weighted by molar-refractivity contribution is 9.10. The highest BCUT2D eigenvalue weighted by Gasteiger charge is 2.16. The summed E-state index contributed by atoms with van der Waals surface area (Å²) in [5.41, 5.74) is 1.08. The Kier molecular flexibility index (Phi) is 4.82. The molecule has 0 radical (unpaired) electrons. The molecule has 4 nitrogen and oxygen atoms in total.